The third kappa shape index (κ3) is 0.608. The summed E-state index contributed by atoms with van der Waals surface area (Å²) in [6.07, 6.45) is 6.04. The van der Waals surface area contributed by atoms with Crippen molar-refractivity contribution in [3.8, 4) is 0 Å². The average molecular weight is 152 g/mol. The molecule has 60 valence electrons. The molecular weight excluding hydrogens is 140 g/mol. The lowest BCUT2D eigenvalue weighted by Crippen LogP contribution is -2.24. The van der Waals surface area contributed by atoms with Crippen LogP contribution in [0.4, 0.5) is 0 Å². The van der Waals surface area contributed by atoms with Crippen LogP contribution in [-0.4, -0.2) is 12.1 Å². The summed E-state index contributed by atoms with van der Waals surface area (Å²) >= 11 is 0. The number of esters is 1. The summed E-state index contributed by atoms with van der Waals surface area (Å²) in [6, 6.07) is 0. The first kappa shape index (κ1) is 6.04. The second kappa shape index (κ2) is 1.62. The maximum Gasteiger partial charge on any atom is 0.306 e. The molecule has 0 aromatic rings. The summed E-state index contributed by atoms with van der Waals surface area (Å²) in [6.45, 7) is 0. The molecule has 2 heteroatoms. The molecule has 0 radical (unpaired) electrons. The van der Waals surface area contributed by atoms with Crippen LogP contribution < -0.4 is 0 Å². The lowest BCUT2D eigenvalue weighted by atomic mass is 9.81. The van der Waals surface area contributed by atoms with E-state index >= 15 is 0 Å². The molecule has 1 spiro atoms. The van der Waals surface area contributed by atoms with Crippen LogP contribution in [0.5, 0.6) is 0 Å². The summed E-state index contributed by atoms with van der Waals surface area (Å²) in [5.41, 5.74) is 0.321. The van der Waals surface area contributed by atoms with Crippen LogP contribution in [0.15, 0.2) is 0 Å². The average Bonchev–Trinajstić information content (AvgIpc) is 2.48. The largest absolute Gasteiger partial charge is 0.462 e. The van der Waals surface area contributed by atoms with E-state index in [1.807, 2.05) is 0 Å². The normalized spacial score (nSPS) is 52.9. The Hall–Kier alpha value is -0.530. The van der Waals surface area contributed by atoms with Gasteiger partial charge in [0.05, 0.1) is 6.42 Å². The Morgan fingerprint density at radius 3 is 3.18 bits per heavy atom. The number of fused-ring (bicyclic) bond motifs is 1. The van der Waals surface area contributed by atoms with Crippen LogP contribution in [0, 0.1) is 11.3 Å². The fourth-order valence-electron chi connectivity index (χ4n) is 3.25. The predicted octanol–water partition coefficient (Wildman–Crippen LogP) is 1.49. The molecule has 0 aromatic heterocycles. The Kier molecular flexibility index (Phi) is 0.890. The molecule has 2 saturated carbocycles. The second-order valence-corrected chi connectivity index (χ2v) is 4.36. The Morgan fingerprint density at radius 2 is 2.45 bits per heavy atom. The first-order valence-electron chi connectivity index (χ1n) is 4.48. The minimum absolute atomic E-state index is 0.0513. The smallest absolute Gasteiger partial charge is 0.306 e. The third-order valence-electron chi connectivity index (χ3n) is 3.75. The van der Waals surface area contributed by atoms with Crippen LogP contribution in [0.25, 0.3) is 0 Å². The van der Waals surface area contributed by atoms with Crippen LogP contribution in [-0.2, 0) is 9.53 Å². The van der Waals surface area contributed by atoms with Gasteiger partial charge in [-0.3, -0.25) is 4.79 Å². The van der Waals surface area contributed by atoms with Crippen molar-refractivity contribution in [1.29, 1.82) is 0 Å². The van der Waals surface area contributed by atoms with Crippen LogP contribution in [0.2, 0.25) is 0 Å². The fraction of sp³-hybridized carbons (Fsp3) is 0.889. The molecule has 0 amide bonds. The highest BCUT2D eigenvalue weighted by atomic mass is 16.6. The molecule has 1 heterocycles. The van der Waals surface area contributed by atoms with Crippen molar-refractivity contribution >= 4 is 5.97 Å². The van der Waals surface area contributed by atoms with Gasteiger partial charge >= 0.3 is 5.97 Å². The Bertz CT molecular complexity index is 224. The van der Waals surface area contributed by atoms with Crippen molar-refractivity contribution in [1.82, 2.24) is 0 Å². The molecule has 0 aromatic carbocycles. The van der Waals surface area contributed by atoms with E-state index in [-0.39, 0.29) is 5.97 Å². The van der Waals surface area contributed by atoms with E-state index in [9.17, 15) is 4.79 Å². The van der Waals surface area contributed by atoms with Gasteiger partial charge in [-0.15, -0.1) is 0 Å². The summed E-state index contributed by atoms with van der Waals surface area (Å²) in [4.78, 5) is 11.0. The minimum atomic E-state index is 0.0513. The highest BCUT2D eigenvalue weighted by Crippen LogP contribution is 2.60. The van der Waals surface area contributed by atoms with Gasteiger partial charge in [0.25, 0.3) is 0 Å². The summed E-state index contributed by atoms with van der Waals surface area (Å²) < 4.78 is 5.27. The van der Waals surface area contributed by atoms with E-state index in [4.69, 9.17) is 4.74 Å². The summed E-state index contributed by atoms with van der Waals surface area (Å²) in [5, 5.41) is 0. The molecular formula is C9H12O2. The maximum absolute atomic E-state index is 11.0. The van der Waals surface area contributed by atoms with E-state index in [2.05, 4.69) is 0 Å². The van der Waals surface area contributed by atoms with Crippen molar-refractivity contribution in [2.45, 2.75) is 38.2 Å². The molecule has 2 bridgehead atoms. The molecule has 1 aliphatic heterocycles. The number of hydrogen-bond donors (Lipinski definition) is 0. The van der Waals surface area contributed by atoms with Gasteiger partial charge in [0.2, 0.25) is 0 Å². The molecule has 1 saturated heterocycles. The van der Waals surface area contributed by atoms with Crippen molar-refractivity contribution in [3.63, 3.8) is 0 Å². The maximum atomic E-state index is 11.0. The Balaban J connectivity index is 1.99. The first-order chi connectivity index (χ1) is 5.28. The minimum Gasteiger partial charge on any atom is -0.462 e. The van der Waals surface area contributed by atoms with E-state index in [1.54, 1.807) is 0 Å². The number of carbonyl (C=O) groups excluding carboxylic acids is 1. The molecule has 3 aliphatic rings. The second-order valence-electron chi connectivity index (χ2n) is 4.36. The number of carbonyl (C=O) groups is 1. The van der Waals surface area contributed by atoms with Gasteiger partial charge in [-0.1, -0.05) is 0 Å². The monoisotopic (exact) mass is 152 g/mol. The topological polar surface area (TPSA) is 26.3 Å². The van der Waals surface area contributed by atoms with Crippen molar-refractivity contribution in [2.75, 3.05) is 0 Å². The zero-order valence-corrected chi connectivity index (χ0v) is 6.51. The van der Waals surface area contributed by atoms with Gasteiger partial charge in [-0.25, -0.2) is 0 Å². The predicted molar refractivity (Wildman–Crippen MR) is 38.9 cm³/mol. The summed E-state index contributed by atoms with van der Waals surface area (Å²) in [7, 11) is 0. The third-order valence-corrected chi connectivity index (χ3v) is 3.75. The molecule has 11 heavy (non-hydrogen) atoms. The number of ether oxygens (including phenoxy) is 1. The van der Waals surface area contributed by atoms with E-state index in [0.29, 0.717) is 17.9 Å². The van der Waals surface area contributed by atoms with Crippen LogP contribution in [0.1, 0.15) is 32.1 Å². The van der Waals surface area contributed by atoms with E-state index in [1.165, 1.54) is 19.3 Å². The van der Waals surface area contributed by atoms with Crippen LogP contribution in [0.3, 0.4) is 0 Å². The zero-order chi connectivity index (χ0) is 7.47. The molecule has 0 N–H and O–H groups in total. The van der Waals surface area contributed by atoms with Gasteiger partial charge in [-0.05, 0) is 31.6 Å². The van der Waals surface area contributed by atoms with Crippen molar-refractivity contribution < 1.29 is 9.53 Å². The highest BCUT2D eigenvalue weighted by Gasteiger charge is 2.58. The van der Waals surface area contributed by atoms with Gasteiger partial charge in [0, 0.05) is 5.41 Å². The van der Waals surface area contributed by atoms with Gasteiger partial charge in [0.1, 0.15) is 6.10 Å². The lowest BCUT2D eigenvalue weighted by molar-refractivity contribution is -0.142. The molecule has 3 rings (SSSR count). The Labute approximate surface area is 65.9 Å². The number of rotatable bonds is 0. The standard InChI is InChI=1S/C9H12O2/c10-8-5-9-2-1-6(4-9)3-7(9)11-8/h6-7H,1-5H2/t6-,7+,9-/m0/s1. The van der Waals surface area contributed by atoms with Gasteiger partial charge in [-0.2, -0.15) is 0 Å². The summed E-state index contributed by atoms with van der Waals surface area (Å²) in [5.74, 6) is 0.934. The molecule has 0 unspecified atom stereocenters. The van der Waals surface area contributed by atoms with Crippen molar-refractivity contribution in [2.24, 2.45) is 11.3 Å². The van der Waals surface area contributed by atoms with Crippen molar-refractivity contribution in [3.05, 3.63) is 0 Å². The number of hydrogen-bond acceptors (Lipinski definition) is 2. The SMILES string of the molecule is O=C1C[C@@]23CC[C@@H](C[C@H]2O1)C3. The quantitative estimate of drug-likeness (QED) is 0.491. The zero-order valence-electron chi connectivity index (χ0n) is 6.51. The fourth-order valence-corrected chi connectivity index (χ4v) is 3.25. The lowest BCUT2D eigenvalue weighted by Gasteiger charge is -2.24. The highest BCUT2D eigenvalue weighted by molar-refractivity contribution is 5.73. The first-order valence-corrected chi connectivity index (χ1v) is 4.48. The molecule has 3 fully saturated rings. The molecule has 3 atom stereocenters. The van der Waals surface area contributed by atoms with Gasteiger partial charge < -0.3 is 4.74 Å². The van der Waals surface area contributed by atoms with E-state index < -0.39 is 0 Å². The molecule has 2 nitrogen and oxygen atoms in total. The van der Waals surface area contributed by atoms with E-state index in [0.717, 1.165) is 12.3 Å². The molecule has 2 aliphatic carbocycles. The van der Waals surface area contributed by atoms with Gasteiger partial charge in [0.15, 0.2) is 0 Å². The van der Waals surface area contributed by atoms with Crippen LogP contribution >= 0.6 is 0 Å². The Morgan fingerprint density at radius 1 is 1.55 bits per heavy atom.